The van der Waals surface area contributed by atoms with Gasteiger partial charge in [-0.3, -0.25) is 9.89 Å². The van der Waals surface area contributed by atoms with Gasteiger partial charge in [-0.1, -0.05) is 36.4 Å². The minimum absolute atomic E-state index is 0.211. The molecule has 0 fully saturated rings. The van der Waals surface area contributed by atoms with Crippen molar-refractivity contribution in [1.82, 2.24) is 15.5 Å². The summed E-state index contributed by atoms with van der Waals surface area (Å²) in [4.78, 5) is 6.75. The van der Waals surface area contributed by atoms with E-state index in [1.807, 2.05) is 0 Å². The molecule has 0 unspecified atom stereocenters. The van der Waals surface area contributed by atoms with Gasteiger partial charge in [0, 0.05) is 39.8 Å². The number of nitrogens with one attached hydrogen (secondary N) is 2. The molecule has 0 saturated carbocycles. The Hall–Kier alpha value is -2.40. The standard InChI is InChI=1S/C21H27FN4/c1-23-21(25-15-17-7-9-20(22)10-8-17)24-12-4-13-26-14-11-18-5-2-3-6-19(18)16-26/h2-3,5-10H,4,11-16H2,1H3,(H2,23,24,25). The molecule has 1 aliphatic heterocycles. The zero-order valence-corrected chi connectivity index (χ0v) is 15.3. The molecule has 138 valence electrons. The van der Waals surface area contributed by atoms with Crippen LogP contribution >= 0.6 is 0 Å². The number of benzene rings is 2. The summed E-state index contributed by atoms with van der Waals surface area (Å²) in [5.41, 5.74) is 3.98. The number of hydrogen-bond donors (Lipinski definition) is 2. The predicted octanol–water partition coefficient (Wildman–Crippen LogP) is 2.94. The maximum atomic E-state index is 12.9. The third-order valence-electron chi connectivity index (χ3n) is 4.75. The van der Waals surface area contributed by atoms with Gasteiger partial charge in [0.25, 0.3) is 0 Å². The summed E-state index contributed by atoms with van der Waals surface area (Å²) in [5, 5.41) is 6.61. The Labute approximate surface area is 155 Å². The second-order valence-corrected chi connectivity index (χ2v) is 6.63. The molecule has 0 bridgehead atoms. The maximum absolute atomic E-state index is 12.9. The van der Waals surface area contributed by atoms with E-state index in [9.17, 15) is 4.39 Å². The first-order valence-electron chi connectivity index (χ1n) is 9.22. The van der Waals surface area contributed by atoms with Crippen LogP contribution in [0.1, 0.15) is 23.1 Å². The summed E-state index contributed by atoms with van der Waals surface area (Å²) in [6.07, 6.45) is 2.21. The molecule has 0 atom stereocenters. The summed E-state index contributed by atoms with van der Waals surface area (Å²) in [7, 11) is 1.77. The average molecular weight is 354 g/mol. The lowest BCUT2D eigenvalue weighted by atomic mass is 10.00. The van der Waals surface area contributed by atoms with Gasteiger partial charge in [0.1, 0.15) is 5.82 Å². The Kier molecular flexibility index (Phi) is 6.61. The fourth-order valence-corrected chi connectivity index (χ4v) is 3.26. The van der Waals surface area contributed by atoms with Gasteiger partial charge in [0.15, 0.2) is 5.96 Å². The molecule has 2 aromatic rings. The molecule has 4 nitrogen and oxygen atoms in total. The van der Waals surface area contributed by atoms with Crippen LogP contribution in [0.25, 0.3) is 0 Å². The minimum atomic E-state index is -0.211. The molecule has 0 radical (unpaired) electrons. The van der Waals surface area contributed by atoms with Gasteiger partial charge >= 0.3 is 0 Å². The second kappa shape index (κ2) is 9.34. The van der Waals surface area contributed by atoms with Gasteiger partial charge in [-0.05, 0) is 41.7 Å². The lowest BCUT2D eigenvalue weighted by molar-refractivity contribution is 0.251. The first-order valence-corrected chi connectivity index (χ1v) is 9.22. The van der Waals surface area contributed by atoms with E-state index in [2.05, 4.69) is 44.8 Å². The van der Waals surface area contributed by atoms with Gasteiger partial charge in [-0.15, -0.1) is 0 Å². The molecular weight excluding hydrogens is 327 g/mol. The van der Waals surface area contributed by atoms with Crippen molar-refractivity contribution in [1.29, 1.82) is 0 Å². The molecule has 0 saturated heterocycles. The first-order chi connectivity index (χ1) is 12.7. The Morgan fingerprint density at radius 1 is 1.08 bits per heavy atom. The third-order valence-corrected chi connectivity index (χ3v) is 4.75. The number of halogens is 1. The SMILES string of the molecule is CN=C(NCCCN1CCc2ccccc2C1)NCc1ccc(F)cc1. The van der Waals surface area contributed by atoms with Crippen LogP contribution in [0.2, 0.25) is 0 Å². The quantitative estimate of drug-likeness (QED) is 0.476. The molecule has 2 aromatic carbocycles. The number of nitrogens with zero attached hydrogens (tertiary/aromatic N) is 2. The van der Waals surface area contributed by atoms with E-state index in [1.165, 1.54) is 23.3 Å². The highest BCUT2D eigenvalue weighted by molar-refractivity contribution is 5.79. The van der Waals surface area contributed by atoms with Crippen LogP contribution in [-0.2, 0) is 19.5 Å². The monoisotopic (exact) mass is 354 g/mol. The predicted molar refractivity (Wildman–Crippen MR) is 105 cm³/mol. The van der Waals surface area contributed by atoms with E-state index >= 15 is 0 Å². The highest BCUT2D eigenvalue weighted by atomic mass is 19.1. The van der Waals surface area contributed by atoms with Gasteiger partial charge in [0.05, 0.1) is 0 Å². The van der Waals surface area contributed by atoms with Crippen LogP contribution in [0.3, 0.4) is 0 Å². The van der Waals surface area contributed by atoms with E-state index in [0.29, 0.717) is 6.54 Å². The van der Waals surface area contributed by atoms with E-state index in [1.54, 1.807) is 19.2 Å². The van der Waals surface area contributed by atoms with Gasteiger partial charge < -0.3 is 10.6 Å². The van der Waals surface area contributed by atoms with E-state index < -0.39 is 0 Å². The number of hydrogen-bond acceptors (Lipinski definition) is 2. The van der Waals surface area contributed by atoms with Crippen LogP contribution in [-0.4, -0.2) is 37.5 Å². The lowest BCUT2D eigenvalue weighted by Crippen LogP contribution is -2.39. The highest BCUT2D eigenvalue weighted by Crippen LogP contribution is 2.18. The summed E-state index contributed by atoms with van der Waals surface area (Å²) in [6.45, 7) is 4.77. The third kappa shape index (κ3) is 5.30. The zero-order chi connectivity index (χ0) is 18.2. The molecule has 1 heterocycles. The molecule has 0 spiro atoms. The Morgan fingerprint density at radius 3 is 2.62 bits per heavy atom. The second-order valence-electron chi connectivity index (χ2n) is 6.63. The number of guanidine groups is 1. The largest absolute Gasteiger partial charge is 0.356 e. The van der Waals surface area contributed by atoms with Crippen molar-refractivity contribution >= 4 is 5.96 Å². The van der Waals surface area contributed by atoms with Crippen LogP contribution in [0, 0.1) is 5.82 Å². The molecular formula is C21H27FN4. The Balaban J connectivity index is 1.35. The fourth-order valence-electron chi connectivity index (χ4n) is 3.26. The summed E-state index contributed by atoms with van der Waals surface area (Å²) < 4.78 is 12.9. The number of aliphatic imine (C=N–C) groups is 1. The Bertz CT molecular complexity index is 727. The summed E-state index contributed by atoms with van der Waals surface area (Å²) in [5.74, 6) is 0.565. The topological polar surface area (TPSA) is 39.7 Å². The van der Waals surface area contributed by atoms with Crippen LogP contribution in [0.4, 0.5) is 4.39 Å². The first kappa shape index (κ1) is 18.4. The van der Waals surface area contributed by atoms with Crippen molar-refractivity contribution in [2.75, 3.05) is 26.7 Å². The molecule has 3 rings (SSSR count). The van der Waals surface area contributed by atoms with Crippen molar-refractivity contribution in [2.24, 2.45) is 4.99 Å². The van der Waals surface area contributed by atoms with E-state index in [0.717, 1.165) is 50.5 Å². The Morgan fingerprint density at radius 2 is 1.85 bits per heavy atom. The fraction of sp³-hybridized carbons (Fsp3) is 0.381. The number of fused-ring (bicyclic) bond motifs is 1. The van der Waals surface area contributed by atoms with Crippen molar-refractivity contribution in [3.8, 4) is 0 Å². The molecule has 2 N–H and O–H groups in total. The molecule has 0 amide bonds. The van der Waals surface area contributed by atoms with Crippen molar-refractivity contribution < 1.29 is 4.39 Å². The van der Waals surface area contributed by atoms with Gasteiger partial charge in [-0.2, -0.15) is 0 Å². The zero-order valence-electron chi connectivity index (χ0n) is 15.3. The molecule has 5 heteroatoms. The maximum Gasteiger partial charge on any atom is 0.191 e. The average Bonchev–Trinajstić information content (AvgIpc) is 2.68. The summed E-state index contributed by atoms with van der Waals surface area (Å²) >= 11 is 0. The molecule has 26 heavy (non-hydrogen) atoms. The van der Waals surface area contributed by atoms with Crippen molar-refractivity contribution in [3.63, 3.8) is 0 Å². The van der Waals surface area contributed by atoms with Crippen molar-refractivity contribution in [3.05, 3.63) is 71.0 Å². The van der Waals surface area contributed by atoms with Gasteiger partial charge in [-0.25, -0.2) is 4.39 Å². The van der Waals surface area contributed by atoms with Crippen LogP contribution < -0.4 is 10.6 Å². The van der Waals surface area contributed by atoms with Crippen molar-refractivity contribution in [2.45, 2.75) is 25.9 Å². The molecule has 0 aromatic heterocycles. The smallest absolute Gasteiger partial charge is 0.191 e. The summed E-state index contributed by atoms with van der Waals surface area (Å²) in [6, 6.07) is 15.2. The van der Waals surface area contributed by atoms with Gasteiger partial charge in [0.2, 0.25) is 0 Å². The number of rotatable bonds is 6. The molecule has 1 aliphatic rings. The van der Waals surface area contributed by atoms with Crippen LogP contribution in [0.15, 0.2) is 53.5 Å². The highest BCUT2D eigenvalue weighted by Gasteiger charge is 2.14. The minimum Gasteiger partial charge on any atom is -0.356 e. The normalized spacial score (nSPS) is 14.8. The lowest BCUT2D eigenvalue weighted by Gasteiger charge is -2.28. The van der Waals surface area contributed by atoms with Crippen LogP contribution in [0.5, 0.6) is 0 Å². The van der Waals surface area contributed by atoms with E-state index in [4.69, 9.17) is 0 Å². The molecule has 0 aliphatic carbocycles. The van der Waals surface area contributed by atoms with E-state index in [-0.39, 0.29) is 5.82 Å².